The van der Waals surface area contributed by atoms with E-state index in [2.05, 4.69) is 5.32 Å². The molecule has 1 aliphatic rings. The Kier molecular flexibility index (Phi) is 4.66. The molecular formula is C15H22N2O2. The number of piperidine rings is 1. The number of nitrogens with one attached hydrogen (secondary N) is 1. The first-order valence-corrected chi connectivity index (χ1v) is 7.00. The third-order valence-corrected chi connectivity index (χ3v) is 3.37. The second kappa shape index (κ2) is 6.45. The molecule has 19 heavy (non-hydrogen) atoms. The molecule has 0 saturated carbocycles. The highest BCUT2D eigenvalue weighted by Crippen LogP contribution is 2.22. The van der Waals surface area contributed by atoms with Gasteiger partial charge in [-0.05, 0) is 56.9 Å². The van der Waals surface area contributed by atoms with Crippen LogP contribution in [0, 0.1) is 6.92 Å². The number of amides is 2. The minimum Gasteiger partial charge on any atom is -0.494 e. The van der Waals surface area contributed by atoms with Gasteiger partial charge in [-0.1, -0.05) is 0 Å². The molecule has 104 valence electrons. The number of carbonyl (C=O) groups excluding carboxylic acids is 1. The van der Waals surface area contributed by atoms with E-state index in [0.29, 0.717) is 6.61 Å². The molecule has 0 spiro atoms. The van der Waals surface area contributed by atoms with E-state index in [9.17, 15) is 4.79 Å². The van der Waals surface area contributed by atoms with Crippen molar-refractivity contribution in [1.82, 2.24) is 4.90 Å². The highest BCUT2D eigenvalue weighted by Gasteiger charge is 2.16. The van der Waals surface area contributed by atoms with Crippen molar-refractivity contribution in [3.63, 3.8) is 0 Å². The van der Waals surface area contributed by atoms with Crippen molar-refractivity contribution in [3.8, 4) is 5.75 Å². The van der Waals surface area contributed by atoms with Crippen molar-refractivity contribution in [2.24, 2.45) is 0 Å². The lowest BCUT2D eigenvalue weighted by Gasteiger charge is -2.26. The Morgan fingerprint density at radius 2 is 2.05 bits per heavy atom. The van der Waals surface area contributed by atoms with Crippen molar-refractivity contribution in [1.29, 1.82) is 0 Å². The van der Waals surface area contributed by atoms with E-state index in [0.717, 1.165) is 42.9 Å². The Morgan fingerprint density at radius 3 is 2.68 bits per heavy atom. The first-order chi connectivity index (χ1) is 9.20. The average molecular weight is 262 g/mol. The molecule has 2 rings (SSSR count). The highest BCUT2D eigenvalue weighted by atomic mass is 16.5. The van der Waals surface area contributed by atoms with Crippen LogP contribution >= 0.6 is 0 Å². The Morgan fingerprint density at radius 1 is 1.32 bits per heavy atom. The smallest absolute Gasteiger partial charge is 0.321 e. The predicted molar refractivity (Wildman–Crippen MR) is 76.8 cm³/mol. The highest BCUT2D eigenvalue weighted by molar-refractivity contribution is 5.89. The van der Waals surface area contributed by atoms with Gasteiger partial charge in [-0.2, -0.15) is 0 Å². The largest absolute Gasteiger partial charge is 0.494 e. The Balaban J connectivity index is 1.98. The van der Waals surface area contributed by atoms with E-state index in [1.807, 2.05) is 36.9 Å². The van der Waals surface area contributed by atoms with Gasteiger partial charge in [-0.15, -0.1) is 0 Å². The van der Waals surface area contributed by atoms with Crippen molar-refractivity contribution in [2.75, 3.05) is 25.0 Å². The fourth-order valence-corrected chi connectivity index (χ4v) is 2.34. The lowest BCUT2D eigenvalue weighted by atomic mass is 10.1. The number of anilines is 1. The number of aryl methyl sites for hydroxylation is 1. The Labute approximate surface area is 114 Å². The van der Waals surface area contributed by atoms with Crippen LogP contribution in [0.5, 0.6) is 5.75 Å². The number of likely N-dealkylation sites (tertiary alicyclic amines) is 1. The van der Waals surface area contributed by atoms with Crippen LogP contribution in [-0.4, -0.2) is 30.6 Å². The SMILES string of the molecule is CCOc1ccc(NC(=O)N2CCCCC2)cc1C. The second-order valence-corrected chi connectivity index (χ2v) is 4.89. The van der Waals surface area contributed by atoms with Gasteiger partial charge in [0.1, 0.15) is 5.75 Å². The van der Waals surface area contributed by atoms with Gasteiger partial charge in [0.2, 0.25) is 0 Å². The maximum absolute atomic E-state index is 12.1. The molecule has 1 N–H and O–H groups in total. The molecule has 1 saturated heterocycles. The van der Waals surface area contributed by atoms with Crippen LogP contribution in [0.4, 0.5) is 10.5 Å². The number of carbonyl (C=O) groups is 1. The summed E-state index contributed by atoms with van der Waals surface area (Å²) in [5.41, 5.74) is 1.87. The zero-order valence-electron chi connectivity index (χ0n) is 11.7. The van der Waals surface area contributed by atoms with Gasteiger partial charge in [0.25, 0.3) is 0 Å². The Hall–Kier alpha value is -1.71. The van der Waals surface area contributed by atoms with Crippen LogP contribution < -0.4 is 10.1 Å². The molecule has 0 atom stereocenters. The molecule has 0 unspecified atom stereocenters. The first-order valence-electron chi connectivity index (χ1n) is 7.00. The lowest BCUT2D eigenvalue weighted by Crippen LogP contribution is -2.38. The summed E-state index contributed by atoms with van der Waals surface area (Å²) in [6.07, 6.45) is 3.44. The molecule has 0 radical (unpaired) electrons. The molecule has 4 heteroatoms. The number of benzene rings is 1. The summed E-state index contributed by atoms with van der Waals surface area (Å²) in [4.78, 5) is 14.0. The quantitative estimate of drug-likeness (QED) is 0.907. The minimum absolute atomic E-state index is 0.00302. The van der Waals surface area contributed by atoms with Gasteiger partial charge in [0, 0.05) is 18.8 Å². The fraction of sp³-hybridized carbons (Fsp3) is 0.533. The topological polar surface area (TPSA) is 41.6 Å². The number of rotatable bonds is 3. The monoisotopic (exact) mass is 262 g/mol. The molecule has 2 amide bonds. The minimum atomic E-state index is 0.00302. The summed E-state index contributed by atoms with van der Waals surface area (Å²) in [5.74, 6) is 0.874. The summed E-state index contributed by atoms with van der Waals surface area (Å²) in [6.45, 7) is 6.33. The van der Waals surface area contributed by atoms with Gasteiger partial charge < -0.3 is 15.0 Å². The van der Waals surface area contributed by atoms with Crippen LogP contribution in [0.1, 0.15) is 31.7 Å². The van der Waals surface area contributed by atoms with E-state index in [-0.39, 0.29) is 6.03 Å². The number of nitrogens with zero attached hydrogens (tertiary/aromatic N) is 1. The molecule has 1 aliphatic heterocycles. The first kappa shape index (κ1) is 13.7. The number of hydrogen-bond acceptors (Lipinski definition) is 2. The normalized spacial score (nSPS) is 15.2. The van der Waals surface area contributed by atoms with Crippen molar-refractivity contribution in [3.05, 3.63) is 23.8 Å². The van der Waals surface area contributed by atoms with Gasteiger partial charge in [-0.25, -0.2) is 4.79 Å². The lowest BCUT2D eigenvalue weighted by molar-refractivity contribution is 0.200. The van der Waals surface area contributed by atoms with E-state index >= 15 is 0 Å². The van der Waals surface area contributed by atoms with E-state index < -0.39 is 0 Å². The predicted octanol–water partition coefficient (Wildman–Crippen LogP) is 3.41. The molecule has 4 nitrogen and oxygen atoms in total. The number of ether oxygens (including phenoxy) is 1. The molecule has 1 fully saturated rings. The third-order valence-electron chi connectivity index (χ3n) is 3.37. The van der Waals surface area contributed by atoms with Crippen LogP contribution in [0.2, 0.25) is 0 Å². The van der Waals surface area contributed by atoms with Crippen molar-refractivity contribution >= 4 is 11.7 Å². The zero-order valence-corrected chi connectivity index (χ0v) is 11.7. The van der Waals surface area contributed by atoms with Crippen molar-refractivity contribution < 1.29 is 9.53 Å². The van der Waals surface area contributed by atoms with Crippen LogP contribution in [-0.2, 0) is 0 Å². The molecule has 1 heterocycles. The second-order valence-electron chi connectivity index (χ2n) is 4.89. The zero-order chi connectivity index (χ0) is 13.7. The number of hydrogen-bond donors (Lipinski definition) is 1. The summed E-state index contributed by atoms with van der Waals surface area (Å²) < 4.78 is 5.49. The van der Waals surface area contributed by atoms with Crippen LogP contribution in [0.3, 0.4) is 0 Å². The summed E-state index contributed by atoms with van der Waals surface area (Å²) in [7, 11) is 0. The molecule has 1 aromatic rings. The van der Waals surface area contributed by atoms with Crippen LogP contribution in [0.15, 0.2) is 18.2 Å². The van der Waals surface area contributed by atoms with Crippen molar-refractivity contribution in [2.45, 2.75) is 33.1 Å². The maximum atomic E-state index is 12.1. The Bertz CT molecular complexity index is 440. The molecule has 1 aromatic carbocycles. The standard InChI is InChI=1S/C15H22N2O2/c1-3-19-14-8-7-13(11-12(14)2)16-15(18)17-9-5-4-6-10-17/h7-8,11H,3-6,9-10H2,1-2H3,(H,16,18). The third kappa shape index (κ3) is 3.63. The molecule has 0 bridgehead atoms. The van der Waals surface area contributed by atoms with Gasteiger partial charge in [-0.3, -0.25) is 0 Å². The van der Waals surface area contributed by atoms with Gasteiger partial charge >= 0.3 is 6.03 Å². The van der Waals surface area contributed by atoms with Gasteiger partial charge in [0.05, 0.1) is 6.61 Å². The van der Waals surface area contributed by atoms with Gasteiger partial charge in [0.15, 0.2) is 0 Å². The molecule has 0 aromatic heterocycles. The van der Waals surface area contributed by atoms with E-state index in [4.69, 9.17) is 4.74 Å². The molecular weight excluding hydrogens is 240 g/mol. The summed E-state index contributed by atoms with van der Waals surface area (Å²) in [5, 5.41) is 2.95. The average Bonchev–Trinajstić information content (AvgIpc) is 2.43. The summed E-state index contributed by atoms with van der Waals surface area (Å²) >= 11 is 0. The van der Waals surface area contributed by atoms with Crippen LogP contribution in [0.25, 0.3) is 0 Å². The fourth-order valence-electron chi connectivity index (χ4n) is 2.34. The van der Waals surface area contributed by atoms with E-state index in [1.165, 1.54) is 6.42 Å². The molecule has 0 aliphatic carbocycles. The van der Waals surface area contributed by atoms with E-state index in [1.54, 1.807) is 0 Å². The summed E-state index contributed by atoms with van der Waals surface area (Å²) in [6, 6.07) is 5.75. The maximum Gasteiger partial charge on any atom is 0.321 e. The number of urea groups is 1.